The summed E-state index contributed by atoms with van der Waals surface area (Å²) in [6.45, 7) is 2.13. The van der Waals surface area contributed by atoms with Crippen molar-refractivity contribution in [2.24, 2.45) is 0 Å². The Labute approximate surface area is 144 Å². The van der Waals surface area contributed by atoms with Gasteiger partial charge in [0.15, 0.2) is 5.41 Å². The fraction of sp³-hybridized carbons (Fsp3) is 0.529. The van der Waals surface area contributed by atoms with Crippen LogP contribution in [0.25, 0.3) is 0 Å². The van der Waals surface area contributed by atoms with E-state index in [0.29, 0.717) is 12.0 Å². The summed E-state index contributed by atoms with van der Waals surface area (Å²) in [5.41, 5.74) is -1.48. The van der Waals surface area contributed by atoms with E-state index in [2.05, 4.69) is 6.92 Å². The Bertz CT molecular complexity index is 445. The third-order valence-electron chi connectivity index (χ3n) is 3.90. The van der Waals surface area contributed by atoms with Crippen LogP contribution < -0.4 is 0 Å². The Morgan fingerprint density at radius 2 is 1.41 bits per heavy atom. The maximum atomic E-state index is 11.6. The number of aliphatic carboxylic acids is 2. The van der Waals surface area contributed by atoms with Crippen molar-refractivity contribution in [2.75, 3.05) is 0 Å². The van der Waals surface area contributed by atoms with E-state index in [0.717, 1.165) is 25.7 Å². The first-order chi connectivity index (χ1) is 10.1. The Morgan fingerprint density at radius 3 is 1.91 bits per heavy atom. The molecule has 0 amide bonds. The molecular formula is C17H25LiO4. The van der Waals surface area contributed by atoms with E-state index in [9.17, 15) is 19.8 Å². The molecular weight excluding hydrogens is 275 g/mol. The molecule has 22 heavy (non-hydrogen) atoms. The van der Waals surface area contributed by atoms with Gasteiger partial charge in [0.25, 0.3) is 0 Å². The summed E-state index contributed by atoms with van der Waals surface area (Å²) < 4.78 is 0. The van der Waals surface area contributed by atoms with Crippen molar-refractivity contribution in [1.82, 2.24) is 0 Å². The van der Waals surface area contributed by atoms with E-state index in [-0.39, 0.29) is 25.3 Å². The summed E-state index contributed by atoms with van der Waals surface area (Å²) in [5, 5.41) is 19.0. The molecule has 4 nitrogen and oxygen atoms in total. The number of carboxylic acid groups (broad SMARTS) is 2. The van der Waals surface area contributed by atoms with Gasteiger partial charge in [-0.25, -0.2) is 0 Å². The average Bonchev–Trinajstić information content (AvgIpc) is 2.47. The Balaban J connectivity index is 0.00000441. The zero-order chi connectivity index (χ0) is 15.7. The normalized spacial score (nSPS) is 10.8. The predicted molar refractivity (Wildman–Crippen MR) is 88.5 cm³/mol. The first-order valence-corrected chi connectivity index (χ1v) is 7.58. The van der Waals surface area contributed by atoms with Gasteiger partial charge in [0.05, 0.1) is 0 Å². The van der Waals surface area contributed by atoms with Crippen molar-refractivity contribution >= 4 is 30.8 Å². The molecule has 0 saturated carbocycles. The van der Waals surface area contributed by atoms with E-state index < -0.39 is 17.4 Å². The second kappa shape index (κ2) is 10.5. The van der Waals surface area contributed by atoms with E-state index >= 15 is 0 Å². The summed E-state index contributed by atoms with van der Waals surface area (Å²) >= 11 is 0. The van der Waals surface area contributed by atoms with Gasteiger partial charge in [0.1, 0.15) is 0 Å². The molecule has 0 unspecified atom stereocenters. The van der Waals surface area contributed by atoms with Crippen LogP contribution in [-0.4, -0.2) is 41.0 Å². The predicted octanol–water partition coefficient (Wildman–Crippen LogP) is 3.20. The second-order valence-corrected chi connectivity index (χ2v) is 5.40. The number of rotatable bonds is 10. The number of benzene rings is 1. The van der Waals surface area contributed by atoms with Crippen LogP contribution in [-0.2, 0) is 15.0 Å². The first kappa shape index (κ1) is 20.8. The van der Waals surface area contributed by atoms with E-state index in [1.165, 1.54) is 6.42 Å². The molecule has 0 aliphatic carbocycles. The molecule has 0 bridgehead atoms. The zero-order valence-electron chi connectivity index (χ0n) is 12.5. The van der Waals surface area contributed by atoms with Crippen molar-refractivity contribution in [3.63, 3.8) is 0 Å². The number of unbranched alkanes of at least 4 members (excludes halogenated alkanes) is 5. The van der Waals surface area contributed by atoms with Gasteiger partial charge < -0.3 is 10.2 Å². The average molecular weight is 300 g/mol. The van der Waals surface area contributed by atoms with Crippen molar-refractivity contribution in [3.8, 4) is 0 Å². The number of carboxylic acids is 2. The van der Waals surface area contributed by atoms with Crippen LogP contribution >= 0.6 is 0 Å². The Kier molecular flexibility index (Phi) is 9.89. The molecule has 0 heterocycles. The quantitative estimate of drug-likeness (QED) is 0.395. The first-order valence-electron chi connectivity index (χ1n) is 7.58. The molecule has 0 aliphatic rings. The second-order valence-electron chi connectivity index (χ2n) is 5.40. The van der Waals surface area contributed by atoms with Gasteiger partial charge >= 0.3 is 30.8 Å². The summed E-state index contributed by atoms with van der Waals surface area (Å²) in [7, 11) is 0. The summed E-state index contributed by atoms with van der Waals surface area (Å²) in [6.07, 6.45) is 6.08. The van der Waals surface area contributed by atoms with Crippen LogP contribution in [0.15, 0.2) is 30.3 Å². The SMILES string of the molecule is CCCCCCCCC(C(=O)O)(C(=O)O)c1ccccc1.[LiH]. The van der Waals surface area contributed by atoms with Gasteiger partial charge in [-0.3, -0.25) is 9.59 Å². The van der Waals surface area contributed by atoms with Crippen LogP contribution in [0.1, 0.15) is 57.4 Å². The third-order valence-corrected chi connectivity index (χ3v) is 3.90. The van der Waals surface area contributed by atoms with Crippen LogP contribution in [0.4, 0.5) is 0 Å². The maximum absolute atomic E-state index is 11.6. The van der Waals surface area contributed by atoms with Crippen molar-refractivity contribution < 1.29 is 19.8 Å². The Hall–Kier alpha value is -1.24. The number of hydrogen-bond donors (Lipinski definition) is 2. The molecule has 1 rings (SSSR count). The molecule has 0 aliphatic heterocycles. The minimum atomic E-state index is -1.83. The summed E-state index contributed by atoms with van der Waals surface area (Å²) in [4.78, 5) is 23.3. The molecule has 2 N–H and O–H groups in total. The monoisotopic (exact) mass is 300 g/mol. The van der Waals surface area contributed by atoms with Gasteiger partial charge in [0, 0.05) is 0 Å². The Morgan fingerprint density at radius 1 is 0.909 bits per heavy atom. The zero-order valence-corrected chi connectivity index (χ0v) is 12.5. The standard InChI is InChI=1S/C17H24O4.Li.H/c1-2-3-4-5-6-10-13-17(15(18)19,16(20)21)14-11-8-7-9-12-14;;/h7-9,11-12H,2-6,10,13H2,1H3,(H,18,19)(H,20,21);;. The van der Waals surface area contributed by atoms with Gasteiger partial charge in [-0.05, 0) is 12.0 Å². The minimum absolute atomic E-state index is 0. The molecule has 0 aromatic heterocycles. The molecule has 118 valence electrons. The van der Waals surface area contributed by atoms with Crippen molar-refractivity contribution in [3.05, 3.63) is 35.9 Å². The van der Waals surface area contributed by atoms with E-state index in [4.69, 9.17) is 0 Å². The molecule has 0 radical (unpaired) electrons. The van der Waals surface area contributed by atoms with Crippen LogP contribution in [0.5, 0.6) is 0 Å². The van der Waals surface area contributed by atoms with Gasteiger partial charge in [-0.2, -0.15) is 0 Å². The molecule has 1 aromatic carbocycles. The van der Waals surface area contributed by atoms with E-state index in [1.54, 1.807) is 30.3 Å². The van der Waals surface area contributed by atoms with Crippen LogP contribution in [0, 0.1) is 0 Å². The third kappa shape index (κ3) is 5.19. The van der Waals surface area contributed by atoms with Gasteiger partial charge in [0.2, 0.25) is 0 Å². The summed E-state index contributed by atoms with van der Waals surface area (Å²) in [5.74, 6) is -2.57. The van der Waals surface area contributed by atoms with E-state index in [1.807, 2.05) is 0 Å². The van der Waals surface area contributed by atoms with Crippen molar-refractivity contribution in [1.29, 1.82) is 0 Å². The molecule has 1 aromatic rings. The summed E-state index contributed by atoms with van der Waals surface area (Å²) in [6, 6.07) is 8.27. The van der Waals surface area contributed by atoms with Crippen LogP contribution in [0.2, 0.25) is 0 Å². The molecule has 0 saturated heterocycles. The number of hydrogen-bond acceptors (Lipinski definition) is 2. The molecule has 0 spiro atoms. The molecule has 0 atom stereocenters. The van der Waals surface area contributed by atoms with Crippen LogP contribution in [0.3, 0.4) is 0 Å². The topological polar surface area (TPSA) is 74.6 Å². The molecule has 0 fully saturated rings. The van der Waals surface area contributed by atoms with Crippen molar-refractivity contribution in [2.45, 2.75) is 57.3 Å². The number of carbonyl (C=O) groups is 2. The molecule has 5 heteroatoms. The van der Waals surface area contributed by atoms with Gasteiger partial charge in [-0.1, -0.05) is 75.8 Å². The fourth-order valence-electron chi connectivity index (χ4n) is 2.59. The van der Waals surface area contributed by atoms with Gasteiger partial charge in [-0.15, -0.1) is 0 Å². The fourth-order valence-corrected chi connectivity index (χ4v) is 2.59.